The molecule has 5 nitrogen and oxygen atoms in total. The van der Waals surface area contributed by atoms with Crippen LogP contribution in [0.1, 0.15) is 11.5 Å². The lowest BCUT2D eigenvalue weighted by Gasteiger charge is -2.03. The maximum Gasteiger partial charge on any atom is 0.310 e. The van der Waals surface area contributed by atoms with Gasteiger partial charge in [0, 0.05) is 24.0 Å². The number of ether oxygens (including phenoxy) is 1. The first kappa shape index (κ1) is 9.33. The zero-order chi connectivity index (χ0) is 11.3. The molecule has 1 aliphatic carbocycles. The fraction of sp³-hybridized carbons (Fsp3) is 0.364. The molecule has 1 saturated heterocycles. The highest BCUT2D eigenvalue weighted by molar-refractivity contribution is 5.80. The van der Waals surface area contributed by atoms with E-state index in [4.69, 9.17) is 4.74 Å². The van der Waals surface area contributed by atoms with Crippen molar-refractivity contribution in [3.8, 4) is 0 Å². The SMILES string of the molecule is O=C1OC[C@@H]2[C@H]1[C@H]2c1ccc([N+](=O)[O-])cc1. The fourth-order valence-corrected chi connectivity index (χ4v) is 2.45. The summed E-state index contributed by atoms with van der Waals surface area (Å²) in [6.07, 6.45) is 0. The van der Waals surface area contributed by atoms with E-state index in [1.165, 1.54) is 12.1 Å². The van der Waals surface area contributed by atoms with E-state index in [0.717, 1.165) is 5.56 Å². The van der Waals surface area contributed by atoms with Crippen LogP contribution < -0.4 is 0 Å². The topological polar surface area (TPSA) is 69.4 Å². The van der Waals surface area contributed by atoms with Gasteiger partial charge in [-0.2, -0.15) is 0 Å². The number of nitro groups is 1. The molecule has 3 rings (SSSR count). The summed E-state index contributed by atoms with van der Waals surface area (Å²) in [6, 6.07) is 6.42. The van der Waals surface area contributed by atoms with Crippen LogP contribution >= 0.6 is 0 Å². The maximum absolute atomic E-state index is 11.2. The van der Waals surface area contributed by atoms with Gasteiger partial charge in [0.25, 0.3) is 5.69 Å². The molecule has 2 aliphatic rings. The molecule has 0 unspecified atom stereocenters. The molecule has 0 amide bonds. The number of esters is 1. The van der Waals surface area contributed by atoms with Gasteiger partial charge in [0.2, 0.25) is 0 Å². The Hall–Kier alpha value is -1.91. The lowest BCUT2D eigenvalue weighted by molar-refractivity contribution is -0.384. The zero-order valence-corrected chi connectivity index (χ0v) is 8.33. The van der Waals surface area contributed by atoms with Crippen LogP contribution in [0.2, 0.25) is 0 Å². The summed E-state index contributed by atoms with van der Waals surface area (Å²) in [7, 11) is 0. The standard InChI is InChI=1S/C11H9NO4/c13-11-10-8(5-16-11)9(10)6-1-3-7(4-2-6)12(14)15/h1-4,8-10H,5H2/t8-,9-,10-/m0/s1. The second-order valence-electron chi connectivity index (χ2n) is 4.19. The Balaban J connectivity index is 1.82. The van der Waals surface area contributed by atoms with Crippen LogP contribution in [-0.2, 0) is 9.53 Å². The summed E-state index contributed by atoms with van der Waals surface area (Å²) in [4.78, 5) is 21.3. The Morgan fingerprint density at radius 3 is 2.44 bits per heavy atom. The van der Waals surface area contributed by atoms with Gasteiger partial charge in [-0.1, -0.05) is 12.1 Å². The van der Waals surface area contributed by atoms with Crippen molar-refractivity contribution in [3.05, 3.63) is 39.9 Å². The number of carbonyl (C=O) groups is 1. The summed E-state index contributed by atoms with van der Waals surface area (Å²) in [6.45, 7) is 0.491. The van der Waals surface area contributed by atoms with Crippen LogP contribution in [0.15, 0.2) is 24.3 Å². The minimum atomic E-state index is -0.425. The first-order chi connectivity index (χ1) is 7.68. The highest BCUT2D eigenvalue weighted by Crippen LogP contribution is 2.58. The van der Waals surface area contributed by atoms with Gasteiger partial charge >= 0.3 is 5.97 Å². The number of non-ortho nitro benzene ring substituents is 1. The average Bonchev–Trinajstić information content (AvgIpc) is 2.89. The smallest absolute Gasteiger partial charge is 0.310 e. The lowest BCUT2D eigenvalue weighted by Crippen LogP contribution is -2.04. The van der Waals surface area contributed by atoms with E-state index in [1.54, 1.807) is 12.1 Å². The third kappa shape index (κ3) is 1.21. The summed E-state index contributed by atoms with van der Waals surface area (Å²) < 4.78 is 4.88. The van der Waals surface area contributed by atoms with Gasteiger partial charge in [-0.05, 0) is 5.56 Å². The molecule has 2 fully saturated rings. The van der Waals surface area contributed by atoms with E-state index >= 15 is 0 Å². The van der Waals surface area contributed by atoms with E-state index < -0.39 is 4.92 Å². The highest BCUT2D eigenvalue weighted by atomic mass is 16.6. The number of carbonyl (C=O) groups excluding carboxylic acids is 1. The Morgan fingerprint density at radius 2 is 1.94 bits per heavy atom. The van der Waals surface area contributed by atoms with Crippen molar-refractivity contribution in [3.63, 3.8) is 0 Å². The molecule has 82 valence electrons. The lowest BCUT2D eigenvalue weighted by atomic mass is 10.1. The Kier molecular flexibility index (Phi) is 1.77. The van der Waals surface area contributed by atoms with E-state index in [1.807, 2.05) is 0 Å². The molecule has 0 N–H and O–H groups in total. The number of cyclic esters (lactones) is 1. The summed E-state index contributed by atoms with van der Waals surface area (Å²) in [5.41, 5.74) is 1.08. The van der Waals surface area contributed by atoms with Crippen molar-refractivity contribution in [2.24, 2.45) is 11.8 Å². The van der Waals surface area contributed by atoms with E-state index in [-0.39, 0.29) is 29.4 Å². The molecular weight excluding hydrogens is 210 g/mol. The summed E-state index contributed by atoms with van der Waals surface area (Å²) in [5.74, 6) is 0.353. The predicted octanol–water partition coefficient (Wildman–Crippen LogP) is 1.48. The molecule has 5 heteroatoms. The van der Waals surface area contributed by atoms with Crippen molar-refractivity contribution < 1.29 is 14.5 Å². The molecule has 0 spiro atoms. The van der Waals surface area contributed by atoms with Crippen LogP contribution in [0.5, 0.6) is 0 Å². The van der Waals surface area contributed by atoms with E-state index in [2.05, 4.69) is 0 Å². The molecule has 0 radical (unpaired) electrons. The largest absolute Gasteiger partial charge is 0.465 e. The van der Waals surface area contributed by atoms with Crippen molar-refractivity contribution in [1.82, 2.24) is 0 Å². The predicted molar refractivity (Wildman–Crippen MR) is 53.8 cm³/mol. The molecule has 1 saturated carbocycles. The van der Waals surface area contributed by atoms with Gasteiger partial charge < -0.3 is 4.74 Å². The Morgan fingerprint density at radius 1 is 1.25 bits per heavy atom. The van der Waals surface area contributed by atoms with Crippen molar-refractivity contribution in [2.75, 3.05) is 6.61 Å². The molecule has 1 aliphatic heterocycles. The van der Waals surface area contributed by atoms with Gasteiger partial charge in [-0.3, -0.25) is 14.9 Å². The minimum Gasteiger partial charge on any atom is -0.465 e. The van der Waals surface area contributed by atoms with Gasteiger partial charge in [-0.15, -0.1) is 0 Å². The average molecular weight is 219 g/mol. The summed E-state index contributed by atoms with van der Waals surface area (Å²) in [5, 5.41) is 10.5. The number of fused-ring (bicyclic) bond motifs is 1. The Bertz CT molecular complexity index is 467. The monoisotopic (exact) mass is 219 g/mol. The van der Waals surface area contributed by atoms with Gasteiger partial charge in [0.05, 0.1) is 17.4 Å². The zero-order valence-electron chi connectivity index (χ0n) is 8.33. The Labute approximate surface area is 91.2 Å². The highest BCUT2D eigenvalue weighted by Gasteiger charge is 2.61. The number of benzene rings is 1. The number of nitrogens with zero attached hydrogens (tertiary/aromatic N) is 1. The van der Waals surface area contributed by atoms with Crippen LogP contribution in [0.4, 0.5) is 5.69 Å². The number of nitro benzene ring substituents is 1. The quantitative estimate of drug-likeness (QED) is 0.429. The van der Waals surface area contributed by atoms with Crippen molar-refractivity contribution in [1.29, 1.82) is 0 Å². The number of hydrogen-bond donors (Lipinski definition) is 0. The van der Waals surface area contributed by atoms with Gasteiger partial charge in [-0.25, -0.2) is 0 Å². The van der Waals surface area contributed by atoms with E-state index in [0.29, 0.717) is 6.61 Å². The molecule has 1 aromatic carbocycles. The van der Waals surface area contributed by atoms with Gasteiger partial charge in [0.1, 0.15) is 0 Å². The molecule has 0 bridgehead atoms. The third-order valence-corrected chi connectivity index (χ3v) is 3.35. The summed E-state index contributed by atoms with van der Waals surface area (Å²) >= 11 is 0. The van der Waals surface area contributed by atoms with Crippen LogP contribution in [0, 0.1) is 22.0 Å². The number of hydrogen-bond acceptors (Lipinski definition) is 4. The maximum atomic E-state index is 11.2. The van der Waals surface area contributed by atoms with Gasteiger partial charge in [0.15, 0.2) is 0 Å². The molecule has 1 heterocycles. The normalized spacial score (nSPS) is 30.8. The second-order valence-corrected chi connectivity index (χ2v) is 4.19. The third-order valence-electron chi connectivity index (χ3n) is 3.35. The molecule has 0 aromatic heterocycles. The molecular formula is C11H9NO4. The fourth-order valence-electron chi connectivity index (χ4n) is 2.45. The van der Waals surface area contributed by atoms with E-state index in [9.17, 15) is 14.9 Å². The molecule has 3 atom stereocenters. The molecule has 16 heavy (non-hydrogen) atoms. The van der Waals surface area contributed by atoms with Crippen molar-refractivity contribution in [2.45, 2.75) is 5.92 Å². The first-order valence-corrected chi connectivity index (χ1v) is 5.09. The second kappa shape index (κ2) is 3.04. The molecule has 1 aromatic rings. The van der Waals surface area contributed by atoms with Crippen LogP contribution in [-0.4, -0.2) is 17.5 Å². The first-order valence-electron chi connectivity index (χ1n) is 5.09. The number of rotatable bonds is 2. The minimum absolute atomic E-state index is 0.0125. The van der Waals surface area contributed by atoms with Crippen LogP contribution in [0.25, 0.3) is 0 Å². The van der Waals surface area contributed by atoms with Crippen LogP contribution in [0.3, 0.4) is 0 Å². The van der Waals surface area contributed by atoms with Crippen molar-refractivity contribution >= 4 is 11.7 Å².